The Labute approximate surface area is 112 Å². The van der Waals surface area contributed by atoms with Crippen molar-refractivity contribution in [3.8, 4) is 0 Å². The molecule has 0 aliphatic rings. The molecule has 0 aromatic carbocycles. The molecule has 1 atom stereocenters. The van der Waals surface area contributed by atoms with Crippen molar-refractivity contribution < 1.29 is 13.9 Å². The first-order valence-electron chi connectivity index (χ1n) is 6.11. The zero-order chi connectivity index (χ0) is 14.5. The van der Waals surface area contributed by atoms with Crippen molar-refractivity contribution in [1.82, 2.24) is 10.3 Å². The van der Waals surface area contributed by atoms with Crippen LogP contribution in [0.4, 0.5) is 9.18 Å². The number of ether oxygens (including phenoxy) is 1. The zero-order valence-corrected chi connectivity index (χ0v) is 11.4. The van der Waals surface area contributed by atoms with Gasteiger partial charge in [-0.3, -0.25) is 4.98 Å². The summed E-state index contributed by atoms with van der Waals surface area (Å²) in [5, 5.41) is 2.57. The Balaban J connectivity index is 2.59. The number of nitrogens with zero attached hydrogens (tertiary/aromatic N) is 1. The van der Waals surface area contributed by atoms with Gasteiger partial charge in [-0.15, -0.1) is 0 Å². The average Bonchev–Trinajstić information content (AvgIpc) is 2.29. The highest BCUT2D eigenvalue weighted by atomic mass is 19.1. The van der Waals surface area contributed by atoms with Gasteiger partial charge in [0.15, 0.2) is 0 Å². The van der Waals surface area contributed by atoms with Crippen LogP contribution in [0.1, 0.15) is 32.4 Å². The molecule has 0 fully saturated rings. The number of hydrogen-bond acceptors (Lipinski definition) is 4. The lowest BCUT2D eigenvalue weighted by Gasteiger charge is -2.21. The van der Waals surface area contributed by atoms with E-state index in [-0.39, 0.29) is 24.7 Å². The number of pyridine rings is 1. The molecule has 1 amide bonds. The number of amides is 1. The normalized spacial score (nSPS) is 12.9. The number of hydrogen-bond donors (Lipinski definition) is 2. The third kappa shape index (κ3) is 5.21. The molecule has 19 heavy (non-hydrogen) atoms. The van der Waals surface area contributed by atoms with Gasteiger partial charge in [0.1, 0.15) is 11.4 Å². The summed E-state index contributed by atoms with van der Waals surface area (Å²) in [6.45, 7) is 5.67. The Morgan fingerprint density at radius 1 is 1.58 bits per heavy atom. The maximum atomic E-state index is 13.6. The van der Waals surface area contributed by atoms with E-state index in [1.165, 1.54) is 18.3 Å². The number of carbonyl (C=O) groups excluding carboxylic acids is 1. The molecule has 1 aromatic rings. The van der Waals surface area contributed by atoms with Crippen molar-refractivity contribution in [1.29, 1.82) is 0 Å². The molecule has 0 radical (unpaired) electrons. The van der Waals surface area contributed by atoms with E-state index >= 15 is 0 Å². The Hall–Kier alpha value is -1.69. The first-order valence-corrected chi connectivity index (χ1v) is 6.11. The fourth-order valence-electron chi connectivity index (χ4n) is 1.51. The summed E-state index contributed by atoms with van der Waals surface area (Å²) >= 11 is 0. The molecule has 0 aliphatic heterocycles. The van der Waals surface area contributed by atoms with Gasteiger partial charge in [-0.25, -0.2) is 9.18 Å². The van der Waals surface area contributed by atoms with Crippen LogP contribution in [0.15, 0.2) is 18.3 Å². The molecule has 106 valence electrons. The van der Waals surface area contributed by atoms with Crippen molar-refractivity contribution in [3.05, 3.63) is 29.8 Å². The molecule has 1 heterocycles. The van der Waals surface area contributed by atoms with Gasteiger partial charge in [0.25, 0.3) is 0 Å². The van der Waals surface area contributed by atoms with Gasteiger partial charge < -0.3 is 15.8 Å². The van der Waals surface area contributed by atoms with Crippen LogP contribution in [0.5, 0.6) is 0 Å². The highest BCUT2D eigenvalue weighted by molar-refractivity contribution is 5.67. The van der Waals surface area contributed by atoms with Gasteiger partial charge in [0.05, 0.1) is 5.69 Å². The molecule has 1 rings (SSSR count). The van der Waals surface area contributed by atoms with E-state index in [4.69, 9.17) is 10.5 Å². The third-order valence-electron chi connectivity index (χ3n) is 2.35. The minimum Gasteiger partial charge on any atom is -0.444 e. The topological polar surface area (TPSA) is 77.2 Å². The van der Waals surface area contributed by atoms with E-state index in [1.807, 2.05) is 0 Å². The van der Waals surface area contributed by atoms with Crippen LogP contribution < -0.4 is 11.1 Å². The maximum absolute atomic E-state index is 13.6. The van der Waals surface area contributed by atoms with Crippen molar-refractivity contribution in [2.75, 3.05) is 13.1 Å². The Kier molecular flexibility index (Phi) is 5.23. The maximum Gasteiger partial charge on any atom is 0.407 e. The Morgan fingerprint density at radius 3 is 2.79 bits per heavy atom. The predicted molar refractivity (Wildman–Crippen MR) is 70.2 cm³/mol. The molecule has 0 saturated heterocycles. The summed E-state index contributed by atoms with van der Waals surface area (Å²) in [7, 11) is 0. The molecule has 0 aliphatic carbocycles. The number of halogens is 1. The quantitative estimate of drug-likeness (QED) is 0.873. The van der Waals surface area contributed by atoms with Gasteiger partial charge in [-0.05, 0) is 32.9 Å². The summed E-state index contributed by atoms with van der Waals surface area (Å²) in [6.07, 6.45) is 0.941. The smallest absolute Gasteiger partial charge is 0.407 e. The van der Waals surface area contributed by atoms with Crippen LogP contribution in [0, 0.1) is 5.82 Å². The zero-order valence-electron chi connectivity index (χ0n) is 11.4. The highest BCUT2D eigenvalue weighted by Gasteiger charge is 2.19. The largest absolute Gasteiger partial charge is 0.444 e. The third-order valence-corrected chi connectivity index (χ3v) is 2.35. The van der Waals surface area contributed by atoms with Gasteiger partial charge >= 0.3 is 6.09 Å². The first-order chi connectivity index (χ1) is 8.83. The van der Waals surface area contributed by atoms with Crippen molar-refractivity contribution in [3.63, 3.8) is 0 Å². The lowest BCUT2D eigenvalue weighted by molar-refractivity contribution is 0.0524. The second kappa shape index (κ2) is 6.47. The Morgan fingerprint density at radius 2 is 2.26 bits per heavy atom. The number of nitrogens with one attached hydrogen (secondary N) is 1. The summed E-state index contributed by atoms with van der Waals surface area (Å²) in [5.41, 5.74) is 5.27. The SMILES string of the molecule is CC(C)(C)OC(=O)NCC(CN)c1ncccc1F. The average molecular weight is 269 g/mol. The van der Waals surface area contributed by atoms with E-state index in [2.05, 4.69) is 10.3 Å². The number of carbonyl (C=O) groups is 1. The van der Waals surface area contributed by atoms with Crippen LogP contribution in [-0.4, -0.2) is 29.8 Å². The first kappa shape index (κ1) is 15.4. The highest BCUT2D eigenvalue weighted by Crippen LogP contribution is 2.15. The minimum atomic E-state index is -0.571. The van der Waals surface area contributed by atoms with E-state index in [1.54, 1.807) is 20.8 Å². The second-order valence-electron chi connectivity index (χ2n) is 5.19. The molecule has 0 saturated carbocycles. The summed E-state index contributed by atoms with van der Waals surface area (Å²) in [4.78, 5) is 15.5. The molecule has 1 unspecified atom stereocenters. The number of rotatable bonds is 4. The number of aromatic nitrogens is 1. The van der Waals surface area contributed by atoms with Gasteiger partial charge in [-0.1, -0.05) is 0 Å². The van der Waals surface area contributed by atoms with Crippen molar-refractivity contribution in [2.24, 2.45) is 5.73 Å². The predicted octanol–water partition coefficient (Wildman–Crippen LogP) is 1.79. The fraction of sp³-hybridized carbons (Fsp3) is 0.538. The molecule has 5 nitrogen and oxygen atoms in total. The van der Waals surface area contributed by atoms with Crippen LogP contribution in [0.2, 0.25) is 0 Å². The molecular formula is C13H20FN3O2. The minimum absolute atomic E-state index is 0.180. The molecule has 1 aromatic heterocycles. The summed E-state index contributed by atoms with van der Waals surface area (Å²) in [5.74, 6) is -0.808. The summed E-state index contributed by atoms with van der Waals surface area (Å²) < 4.78 is 18.7. The van der Waals surface area contributed by atoms with Crippen LogP contribution in [0.3, 0.4) is 0 Å². The molecule has 0 bridgehead atoms. The number of alkyl carbamates (subject to hydrolysis) is 1. The summed E-state index contributed by atoms with van der Waals surface area (Å²) in [6, 6.07) is 2.83. The molecule has 6 heteroatoms. The van der Waals surface area contributed by atoms with Gasteiger partial charge in [0.2, 0.25) is 0 Å². The van der Waals surface area contributed by atoms with E-state index in [0.717, 1.165) is 0 Å². The monoisotopic (exact) mass is 269 g/mol. The van der Waals surface area contributed by atoms with Crippen molar-refractivity contribution in [2.45, 2.75) is 32.3 Å². The second-order valence-corrected chi connectivity index (χ2v) is 5.19. The molecular weight excluding hydrogens is 249 g/mol. The van der Waals surface area contributed by atoms with E-state index in [0.29, 0.717) is 0 Å². The van der Waals surface area contributed by atoms with Crippen molar-refractivity contribution >= 4 is 6.09 Å². The van der Waals surface area contributed by atoms with Crippen LogP contribution >= 0.6 is 0 Å². The van der Waals surface area contributed by atoms with Gasteiger partial charge in [-0.2, -0.15) is 0 Å². The molecule has 3 N–H and O–H groups in total. The lowest BCUT2D eigenvalue weighted by atomic mass is 10.0. The molecule has 0 spiro atoms. The fourth-order valence-corrected chi connectivity index (χ4v) is 1.51. The lowest BCUT2D eigenvalue weighted by Crippen LogP contribution is -2.36. The standard InChI is InChI=1S/C13H20FN3O2/c1-13(2,3)19-12(18)17-8-9(7-15)11-10(14)5-4-6-16-11/h4-6,9H,7-8,15H2,1-3H3,(H,17,18). The van der Waals surface area contributed by atoms with E-state index < -0.39 is 17.5 Å². The van der Waals surface area contributed by atoms with Crippen LogP contribution in [0.25, 0.3) is 0 Å². The van der Waals surface area contributed by atoms with E-state index in [9.17, 15) is 9.18 Å². The van der Waals surface area contributed by atoms with Crippen LogP contribution in [-0.2, 0) is 4.74 Å². The Bertz CT molecular complexity index is 432. The number of nitrogens with two attached hydrogens (primary N) is 1. The van der Waals surface area contributed by atoms with Gasteiger partial charge in [0, 0.05) is 25.2 Å².